The van der Waals surface area contributed by atoms with Crippen LogP contribution in [0.4, 0.5) is 11.4 Å². The molecule has 0 bridgehead atoms. The maximum absolute atomic E-state index is 12.3. The van der Waals surface area contributed by atoms with Crippen LogP contribution in [0.2, 0.25) is 0 Å². The van der Waals surface area contributed by atoms with Crippen LogP contribution < -0.4 is 10.1 Å². The first kappa shape index (κ1) is 17.5. The molecule has 2 aromatic carbocycles. The van der Waals surface area contributed by atoms with Gasteiger partial charge in [0.2, 0.25) is 0 Å². The average Bonchev–Trinajstić information content (AvgIpc) is 2.51. The minimum Gasteiger partial charge on any atom is -0.481 e. The van der Waals surface area contributed by atoms with E-state index in [1.807, 2.05) is 32.0 Å². The molecule has 2 rings (SSSR count). The molecule has 126 valence electrons. The Kier molecular flexibility index (Phi) is 5.18. The van der Waals surface area contributed by atoms with Crippen molar-refractivity contribution in [3.05, 3.63) is 63.2 Å². The van der Waals surface area contributed by atoms with Crippen molar-refractivity contribution < 1.29 is 14.5 Å². The summed E-state index contributed by atoms with van der Waals surface area (Å²) in [6.45, 7) is 7.14. The van der Waals surface area contributed by atoms with Gasteiger partial charge in [-0.3, -0.25) is 14.9 Å². The van der Waals surface area contributed by atoms with Crippen LogP contribution in [0.15, 0.2) is 36.4 Å². The highest BCUT2D eigenvalue weighted by atomic mass is 16.6. The molecule has 6 heteroatoms. The summed E-state index contributed by atoms with van der Waals surface area (Å²) >= 11 is 0. The molecular formula is C18H20N2O4. The number of nitro groups is 1. The molecule has 1 amide bonds. The molecule has 24 heavy (non-hydrogen) atoms. The first-order chi connectivity index (χ1) is 11.3. The van der Waals surface area contributed by atoms with E-state index in [2.05, 4.69) is 5.32 Å². The Morgan fingerprint density at radius 2 is 1.92 bits per heavy atom. The summed E-state index contributed by atoms with van der Waals surface area (Å²) in [5.74, 6) is 0.276. The van der Waals surface area contributed by atoms with Crippen molar-refractivity contribution in [1.82, 2.24) is 0 Å². The lowest BCUT2D eigenvalue weighted by Gasteiger charge is -2.17. The topological polar surface area (TPSA) is 81.5 Å². The van der Waals surface area contributed by atoms with Gasteiger partial charge >= 0.3 is 0 Å². The van der Waals surface area contributed by atoms with Crippen LogP contribution in [0.5, 0.6) is 5.75 Å². The number of carbonyl (C=O) groups is 1. The number of rotatable bonds is 5. The predicted octanol–water partition coefficient (Wildman–Crippen LogP) is 3.93. The van der Waals surface area contributed by atoms with E-state index in [1.54, 1.807) is 19.9 Å². The summed E-state index contributed by atoms with van der Waals surface area (Å²) in [6.07, 6.45) is -0.731. The summed E-state index contributed by atoms with van der Waals surface area (Å²) in [5, 5.41) is 13.7. The van der Waals surface area contributed by atoms with E-state index in [9.17, 15) is 14.9 Å². The van der Waals surface area contributed by atoms with Gasteiger partial charge in [0.15, 0.2) is 6.10 Å². The van der Waals surface area contributed by atoms with Crippen molar-refractivity contribution >= 4 is 17.3 Å². The number of nitrogens with zero attached hydrogens (tertiary/aromatic N) is 1. The van der Waals surface area contributed by atoms with E-state index < -0.39 is 11.0 Å². The minimum atomic E-state index is -0.731. The van der Waals surface area contributed by atoms with Gasteiger partial charge in [-0.1, -0.05) is 23.8 Å². The maximum atomic E-state index is 12.3. The predicted molar refractivity (Wildman–Crippen MR) is 92.5 cm³/mol. The molecule has 0 aliphatic heterocycles. The summed E-state index contributed by atoms with van der Waals surface area (Å²) in [7, 11) is 0. The van der Waals surface area contributed by atoms with Gasteiger partial charge in [0, 0.05) is 6.07 Å². The SMILES string of the molecule is Cc1ccc(O[C@H](C)C(=O)Nc2cccc([N+](=O)[O-])c2C)c(C)c1. The number of hydrogen-bond acceptors (Lipinski definition) is 4. The minimum absolute atomic E-state index is 0.0317. The molecule has 1 N–H and O–H groups in total. The Labute approximate surface area is 140 Å². The van der Waals surface area contributed by atoms with E-state index in [4.69, 9.17) is 4.74 Å². The number of benzene rings is 2. The lowest BCUT2D eigenvalue weighted by molar-refractivity contribution is -0.385. The van der Waals surface area contributed by atoms with Gasteiger partial charge in [-0.2, -0.15) is 0 Å². The van der Waals surface area contributed by atoms with Crippen LogP contribution in [-0.2, 0) is 4.79 Å². The first-order valence-electron chi connectivity index (χ1n) is 7.58. The van der Waals surface area contributed by atoms with Gasteiger partial charge in [0.25, 0.3) is 11.6 Å². The largest absolute Gasteiger partial charge is 0.481 e. The molecule has 0 aliphatic rings. The number of amides is 1. The second kappa shape index (κ2) is 7.12. The summed E-state index contributed by atoms with van der Waals surface area (Å²) in [4.78, 5) is 22.8. The number of ether oxygens (including phenoxy) is 1. The van der Waals surface area contributed by atoms with Crippen molar-refractivity contribution in [2.45, 2.75) is 33.8 Å². The molecule has 0 fully saturated rings. The third-order valence-corrected chi connectivity index (χ3v) is 3.76. The van der Waals surface area contributed by atoms with E-state index >= 15 is 0 Å². The number of carbonyl (C=O) groups excluding carboxylic acids is 1. The summed E-state index contributed by atoms with van der Waals surface area (Å²) in [6, 6.07) is 10.3. The van der Waals surface area contributed by atoms with Crippen LogP contribution in [0.3, 0.4) is 0 Å². The monoisotopic (exact) mass is 328 g/mol. The van der Waals surface area contributed by atoms with Gasteiger partial charge in [0.1, 0.15) is 5.75 Å². The summed E-state index contributed by atoms with van der Waals surface area (Å²) < 4.78 is 5.71. The van der Waals surface area contributed by atoms with Gasteiger partial charge in [-0.25, -0.2) is 0 Å². The van der Waals surface area contributed by atoms with Crippen LogP contribution in [0.25, 0.3) is 0 Å². The van der Waals surface area contributed by atoms with Crippen molar-refractivity contribution in [1.29, 1.82) is 0 Å². The molecule has 0 aliphatic carbocycles. The number of nitro benzene ring substituents is 1. The highest BCUT2D eigenvalue weighted by molar-refractivity contribution is 5.95. The van der Waals surface area contributed by atoms with Crippen LogP contribution in [-0.4, -0.2) is 16.9 Å². The van der Waals surface area contributed by atoms with Crippen molar-refractivity contribution in [2.24, 2.45) is 0 Å². The van der Waals surface area contributed by atoms with Gasteiger partial charge in [-0.15, -0.1) is 0 Å². The molecule has 1 atom stereocenters. The van der Waals surface area contributed by atoms with Crippen LogP contribution in [0.1, 0.15) is 23.6 Å². The Morgan fingerprint density at radius 1 is 1.21 bits per heavy atom. The summed E-state index contributed by atoms with van der Waals surface area (Å²) in [5.41, 5.74) is 2.85. The van der Waals surface area contributed by atoms with Crippen molar-refractivity contribution in [3.63, 3.8) is 0 Å². The second-order valence-electron chi connectivity index (χ2n) is 5.73. The molecular weight excluding hydrogens is 308 g/mol. The molecule has 0 aromatic heterocycles. The van der Waals surface area contributed by atoms with E-state index in [1.165, 1.54) is 12.1 Å². The zero-order valence-electron chi connectivity index (χ0n) is 14.1. The Bertz CT molecular complexity index is 787. The van der Waals surface area contributed by atoms with E-state index in [-0.39, 0.29) is 11.6 Å². The zero-order chi connectivity index (χ0) is 17.9. The van der Waals surface area contributed by atoms with Crippen molar-refractivity contribution in [2.75, 3.05) is 5.32 Å². The van der Waals surface area contributed by atoms with Crippen LogP contribution >= 0.6 is 0 Å². The van der Waals surface area contributed by atoms with Gasteiger partial charge in [0.05, 0.1) is 16.2 Å². The normalized spacial score (nSPS) is 11.7. The Balaban J connectivity index is 2.12. The van der Waals surface area contributed by atoms with E-state index in [0.717, 1.165) is 11.1 Å². The van der Waals surface area contributed by atoms with Gasteiger partial charge < -0.3 is 10.1 Å². The smallest absolute Gasteiger partial charge is 0.274 e. The first-order valence-corrected chi connectivity index (χ1v) is 7.58. The maximum Gasteiger partial charge on any atom is 0.274 e. The Morgan fingerprint density at radius 3 is 2.54 bits per heavy atom. The second-order valence-corrected chi connectivity index (χ2v) is 5.73. The lowest BCUT2D eigenvalue weighted by atomic mass is 10.1. The number of aryl methyl sites for hydroxylation is 2. The highest BCUT2D eigenvalue weighted by Gasteiger charge is 2.19. The van der Waals surface area contributed by atoms with Crippen LogP contribution in [0, 0.1) is 30.9 Å². The molecule has 6 nitrogen and oxygen atoms in total. The average molecular weight is 328 g/mol. The standard InChI is InChI=1S/C18H20N2O4/c1-11-8-9-17(12(2)10-11)24-14(4)18(21)19-15-6-5-7-16(13(15)3)20(22)23/h5-10,14H,1-4H3,(H,19,21)/t14-/m1/s1. The fourth-order valence-corrected chi connectivity index (χ4v) is 2.37. The molecule has 0 spiro atoms. The number of hydrogen-bond donors (Lipinski definition) is 1. The zero-order valence-corrected chi connectivity index (χ0v) is 14.1. The molecule has 0 unspecified atom stereocenters. The number of nitrogens with one attached hydrogen (secondary N) is 1. The quantitative estimate of drug-likeness (QED) is 0.666. The third-order valence-electron chi connectivity index (χ3n) is 3.76. The molecule has 2 aromatic rings. The Hall–Kier alpha value is -2.89. The molecule has 0 heterocycles. The molecule has 0 radical (unpaired) electrons. The fourth-order valence-electron chi connectivity index (χ4n) is 2.37. The molecule has 0 saturated carbocycles. The van der Waals surface area contributed by atoms with E-state index in [0.29, 0.717) is 17.0 Å². The lowest BCUT2D eigenvalue weighted by Crippen LogP contribution is -2.30. The highest BCUT2D eigenvalue weighted by Crippen LogP contribution is 2.25. The number of anilines is 1. The molecule has 0 saturated heterocycles. The fraction of sp³-hybridized carbons (Fsp3) is 0.278. The third kappa shape index (κ3) is 3.90. The van der Waals surface area contributed by atoms with Gasteiger partial charge in [-0.05, 0) is 45.4 Å². The van der Waals surface area contributed by atoms with Crippen molar-refractivity contribution in [3.8, 4) is 5.75 Å².